The van der Waals surface area contributed by atoms with Gasteiger partial charge in [-0.05, 0) is 19.3 Å². The van der Waals surface area contributed by atoms with Crippen LogP contribution in [0.4, 0.5) is 0 Å². The molecular formula is C9H17NS. The van der Waals surface area contributed by atoms with Crippen molar-refractivity contribution in [1.82, 2.24) is 0 Å². The van der Waals surface area contributed by atoms with Gasteiger partial charge in [0.2, 0.25) is 0 Å². The van der Waals surface area contributed by atoms with Gasteiger partial charge in [-0.3, -0.25) is 4.99 Å². The molecule has 1 aliphatic heterocycles. The van der Waals surface area contributed by atoms with Crippen LogP contribution in [-0.2, 0) is 0 Å². The zero-order chi connectivity index (χ0) is 8.32. The Morgan fingerprint density at radius 2 is 2.00 bits per heavy atom. The number of aliphatic imine (C=N–C) groups is 1. The van der Waals surface area contributed by atoms with Gasteiger partial charge in [0.05, 0.1) is 5.04 Å². The maximum atomic E-state index is 4.49. The zero-order valence-electron chi connectivity index (χ0n) is 7.68. The molecule has 0 aromatic heterocycles. The summed E-state index contributed by atoms with van der Waals surface area (Å²) in [4.78, 5) is 4.49. The summed E-state index contributed by atoms with van der Waals surface area (Å²) in [5.74, 6) is 0. The predicted octanol–water partition coefficient (Wildman–Crippen LogP) is 3.10. The van der Waals surface area contributed by atoms with E-state index in [1.165, 1.54) is 24.3 Å². The number of hydrogen-bond acceptors (Lipinski definition) is 2. The van der Waals surface area contributed by atoms with Crippen LogP contribution in [0.5, 0.6) is 0 Å². The minimum Gasteiger partial charge on any atom is -0.283 e. The molecule has 64 valence electrons. The van der Waals surface area contributed by atoms with Gasteiger partial charge in [0, 0.05) is 11.3 Å². The summed E-state index contributed by atoms with van der Waals surface area (Å²) < 4.78 is 0.343. The standard InChI is InChI=1S/C9H17NS/c1-9(2,3)11-8-6-4-5-7-10-8/h4-7H2,1-3H3. The Morgan fingerprint density at radius 3 is 2.45 bits per heavy atom. The molecule has 0 amide bonds. The lowest BCUT2D eigenvalue weighted by atomic mass is 10.2. The van der Waals surface area contributed by atoms with Gasteiger partial charge in [-0.1, -0.05) is 20.8 Å². The molecule has 0 atom stereocenters. The molecule has 0 bridgehead atoms. The third-order valence-corrected chi connectivity index (χ3v) is 2.69. The van der Waals surface area contributed by atoms with E-state index in [1.807, 2.05) is 11.8 Å². The average Bonchev–Trinajstić information content (AvgIpc) is 1.85. The van der Waals surface area contributed by atoms with Crippen LogP contribution in [0.25, 0.3) is 0 Å². The summed E-state index contributed by atoms with van der Waals surface area (Å²) in [6.07, 6.45) is 3.83. The quantitative estimate of drug-likeness (QED) is 0.545. The number of thioether (sulfide) groups is 1. The van der Waals surface area contributed by atoms with Gasteiger partial charge in [0.25, 0.3) is 0 Å². The van der Waals surface area contributed by atoms with E-state index < -0.39 is 0 Å². The summed E-state index contributed by atoms with van der Waals surface area (Å²) in [6, 6.07) is 0. The minimum absolute atomic E-state index is 0.343. The lowest BCUT2D eigenvalue weighted by Crippen LogP contribution is -2.14. The average molecular weight is 171 g/mol. The molecule has 11 heavy (non-hydrogen) atoms. The van der Waals surface area contributed by atoms with Gasteiger partial charge in [0.1, 0.15) is 0 Å². The Balaban J connectivity index is 2.42. The molecule has 0 unspecified atom stereocenters. The first-order chi connectivity index (χ1) is 5.08. The fourth-order valence-corrected chi connectivity index (χ4v) is 2.22. The van der Waals surface area contributed by atoms with Crippen LogP contribution in [0.15, 0.2) is 4.99 Å². The Hall–Kier alpha value is 0.0200. The molecule has 1 nitrogen and oxygen atoms in total. The second kappa shape index (κ2) is 3.61. The van der Waals surface area contributed by atoms with Crippen molar-refractivity contribution in [2.75, 3.05) is 6.54 Å². The fourth-order valence-electron chi connectivity index (χ4n) is 1.11. The van der Waals surface area contributed by atoms with Crippen molar-refractivity contribution in [3.05, 3.63) is 0 Å². The van der Waals surface area contributed by atoms with E-state index in [1.54, 1.807) is 0 Å². The highest BCUT2D eigenvalue weighted by Crippen LogP contribution is 2.28. The first-order valence-corrected chi connectivity index (χ1v) is 5.12. The second-order valence-corrected chi connectivity index (χ2v) is 5.85. The summed E-state index contributed by atoms with van der Waals surface area (Å²) in [6.45, 7) is 7.79. The number of nitrogens with zero attached hydrogens (tertiary/aromatic N) is 1. The van der Waals surface area contributed by atoms with Gasteiger partial charge in [-0.2, -0.15) is 0 Å². The van der Waals surface area contributed by atoms with E-state index in [2.05, 4.69) is 25.8 Å². The van der Waals surface area contributed by atoms with Gasteiger partial charge < -0.3 is 0 Å². The van der Waals surface area contributed by atoms with Crippen LogP contribution in [-0.4, -0.2) is 16.3 Å². The lowest BCUT2D eigenvalue weighted by molar-refractivity contribution is 0.742. The molecule has 0 radical (unpaired) electrons. The maximum absolute atomic E-state index is 4.49. The largest absolute Gasteiger partial charge is 0.283 e. The topological polar surface area (TPSA) is 12.4 Å². The van der Waals surface area contributed by atoms with E-state index in [-0.39, 0.29) is 0 Å². The fraction of sp³-hybridized carbons (Fsp3) is 0.889. The van der Waals surface area contributed by atoms with Crippen molar-refractivity contribution in [3.63, 3.8) is 0 Å². The van der Waals surface area contributed by atoms with Crippen LogP contribution in [0.1, 0.15) is 40.0 Å². The molecule has 0 spiro atoms. The van der Waals surface area contributed by atoms with Crippen LogP contribution >= 0.6 is 11.8 Å². The van der Waals surface area contributed by atoms with Gasteiger partial charge in [-0.25, -0.2) is 0 Å². The molecule has 1 rings (SSSR count). The zero-order valence-corrected chi connectivity index (χ0v) is 8.50. The molecule has 1 heterocycles. The van der Waals surface area contributed by atoms with Crippen molar-refractivity contribution in [3.8, 4) is 0 Å². The smallest absolute Gasteiger partial charge is 0.0681 e. The Morgan fingerprint density at radius 1 is 1.27 bits per heavy atom. The summed E-state index contributed by atoms with van der Waals surface area (Å²) in [5.41, 5.74) is 0. The molecule has 0 N–H and O–H groups in total. The van der Waals surface area contributed by atoms with Crippen LogP contribution < -0.4 is 0 Å². The van der Waals surface area contributed by atoms with Crippen LogP contribution in [0.2, 0.25) is 0 Å². The highest BCUT2D eigenvalue weighted by molar-refractivity contribution is 8.15. The van der Waals surface area contributed by atoms with E-state index in [0.717, 1.165) is 6.54 Å². The first kappa shape index (κ1) is 9.11. The van der Waals surface area contributed by atoms with E-state index in [0.29, 0.717) is 4.75 Å². The third-order valence-electron chi connectivity index (χ3n) is 1.51. The molecule has 0 saturated carbocycles. The summed E-state index contributed by atoms with van der Waals surface area (Å²) in [5, 5.41) is 1.36. The maximum Gasteiger partial charge on any atom is 0.0681 e. The van der Waals surface area contributed by atoms with Gasteiger partial charge >= 0.3 is 0 Å². The predicted molar refractivity (Wildman–Crippen MR) is 53.5 cm³/mol. The molecule has 1 aliphatic rings. The summed E-state index contributed by atoms with van der Waals surface area (Å²) >= 11 is 1.93. The van der Waals surface area contributed by atoms with Gasteiger partial charge in [-0.15, -0.1) is 11.8 Å². The molecule has 0 saturated heterocycles. The molecule has 0 fully saturated rings. The molecule has 0 aliphatic carbocycles. The van der Waals surface area contributed by atoms with Crippen molar-refractivity contribution in [2.24, 2.45) is 4.99 Å². The van der Waals surface area contributed by atoms with E-state index >= 15 is 0 Å². The molecule has 0 aromatic carbocycles. The van der Waals surface area contributed by atoms with Crippen LogP contribution in [0.3, 0.4) is 0 Å². The highest BCUT2D eigenvalue weighted by atomic mass is 32.2. The third kappa shape index (κ3) is 3.80. The monoisotopic (exact) mass is 171 g/mol. The van der Waals surface area contributed by atoms with Crippen molar-refractivity contribution in [2.45, 2.75) is 44.8 Å². The molecule has 2 heteroatoms. The van der Waals surface area contributed by atoms with Gasteiger partial charge in [0.15, 0.2) is 0 Å². The number of hydrogen-bond donors (Lipinski definition) is 0. The lowest BCUT2D eigenvalue weighted by Gasteiger charge is -2.20. The van der Waals surface area contributed by atoms with E-state index in [9.17, 15) is 0 Å². The SMILES string of the molecule is CC(C)(C)SC1=NCCCC1. The first-order valence-electron chi connectivity index (χ1n) is 4.30. The van der Waals surface area contributed by atoms with Crippen molar-refractivity contribution in [1.29, 1.82) is 0 Å². The van der Waals surface area contributed by atoms with Crippen molar-refractivity contribution >= 4 is 16.8 Å². The highest BCUT2D eigenvalue weighted by Gasteiger charge is 2.15. The normalized spacial score (nSPS) is 19.7. The molecular weight excluding hydrogens is 154 g/mol. The second-order valence-electron chi connectivity index (χ2n) is 3.95. The minimum atomic E-state index is 0.343. The van der Waals surface area contributed by atoms with Crippen LogP contribution in [0, 0.1) is 0 Å². The van der Waals surface area contributed by atoms with E-state index in [4.69, 9.17) is 0 Å². The Labute approximate surface area is 73.7 Å². The summed E-state index contributed by atoms with van der Waals surface area (Å²) in [7, 11) is 0. The number of rotatable bonds is 0. The van der Waals surface area contributed by atoms with Crippen molar-refractivity contribution < 1.29 is 0 Å². The Bertz CT molecular complexity index is 155. The Kier molecular flexibility index (Phi) is 2.99. The molecule has 0 aromatic rings.